The summed E-state index contributed by atoms with van der Waals surface area (Å²) in [7, 11) is 1.76. The van der Waals surface area contributed by atoms with Gasteiger partial charge in [0, 0.05) is 45.4 Å². The van der Waals surface area contributed by atoms with Gasteiger partial charge in [0.1, 0.15) is 6.33 Å². The molecule has 1 aromatic carbocycles. The summed E-state index contributed by atoms with van der Waals surface area (Å²) >= 11 is 6.09. The van der Waals surface area contributed by atoms with Gasteiger partial charge in [-0.1, -0.05) is 16.8 Å². The first kappa shape index (κ1) is 18.0. The average Bonchev–Trinajstić information content (AvgIpc) is 3.09. The maximum absolute atomic E-state index is 12.8. The Labute approximate surface area is 163 Å². The van der Waals surface area contributed by atoms with E-state index in [1.807, 2.05) is 4.90 Å². The summed E-state index contributed by atoms with van der Waals surface area (Å²) in [5, 5.41) is 19.3. The Morgan fingerprint density at radius 3 is 2.68 bits per heavy atom. The fourth-order valence-corrected chi connectivity index (χ4v) is 3.35. The van der Waals surface area contributed by atoms with E-state index in [4.69, 9.17) is 11.6 Å². The predicted molar refractivity (Wildman–Crippen MR) is 100 cm³/mol. The van der Waals surface area contributed by atoms with Crippen LogP contribution in [-0.2, 0) is 7.05 Å². The van der Waals surface area contributed by atoms with Crippen molar-refractivity contribution >= 4 is 40.2 Å². The monoisotopic (exact) mass is 402 g/mol. The Morgan fingerprint density at radius 2 is 1.96 bits per heavy atom. The van der Waals surface area contributed by atoms with Gasteiger partial charge in [0.05, 0.1) is 15.5 Å². The number of hydrogen-bond donors (Lipinski definition) is 0. The number of carbonyl (C=O) groups excluding carboxylic acids is 1. The summed E-state index contributed by atoms with van der Waals surface area (Å²) in [6.07, 6.45) is 1.46. The summed E-state index contributed by atoms with van der Waals surface area (Å²) < 4.78 is 1.57. The number of amides is 1. The van der Waals surface area contributed by atoms with Crippen molar-refractivity contribution in [2.45, 2.75) is 0 Å². The second kappa shape index (κ2) is 7.00. The van der Waals surface area contributed by atoms with Crippen molar-refractivity contribution in [1.82, 2.24) is 29.9 Å². The van der Waals surface area contributed by atoms with Crippen LogP contribution < -0.4 is 4.90 Å². The molecule has 1 aliphatic heterocycles. The number of aromatic nitrogens is 5. The van der Waals surface area contributed by atoms with E-state index in [-0.39, 0.29) is 22.2 Å². The number of piperazine rings is 1. The van der Waals surface area contributed by atoms with Crippen LogP contribution in [0.15, 0.2) is 24.5 Å². The predicted octanol–water partition coefficient (Wildman–Crippen LogP) is 1.28. The lowest BCUT2D eigenvalue weighted by molar-refractivity contribution is -0.384. The van der Waals surface area contributed by atoms with Gasteiger partial charge in [0.2, 0.25) is 0 Å². The number of nitro groups is 1. The molecule has 0 aliphatic carbocycles. The number of nitro benzene ring substituents is 1. The molecular weight excluding hydrogens is 388 g/mol. The summed E-state index contributed by atoms with van der Waals surface area (Å²) in [5.41, 5.74) is 1.19. The molecule has 12 heteroatoms. The number of anilines is 1. The number of carbonyl (C=O) groups is 1. The van der Waals surface area contributed by atoms with Crippen molar-refractivity contribution in [2.75, 3.05) is 31.1 Å². The molecule has 2 aromatic heterocycles. The first-order chi connectivity index (χ1) is 13.5. The van der Waals surface area contributed by atoms with E-state index >= 15 is 0 Å². The van der Waals surface area contributed by atoms with Gasteiger partial charge in [-0.2, -0.15) is 0 Å². The molecule has 11 nitrogen and oxygen atoms in total. The number of hydrogen-bond acceptors (Lipinski definition) is 8. The zero-order valence-electron chi connectivity index (χ0n) is 14.8. The molecule has 144 valence electrons. The lowest BCUT2D eigenvalue weighted by Crippen LogP contribution is -2.49. The Bertz CT molecular complexity index is 1080. The number of non-ortho nitro benzene ring substituents is 1. The zero-order valence-corrected chi connectivity index (χ0v) is 15.6. The Balaban J connectivity index is 1.52. The molecule has 28 heavy (non-hydrogen) atoms. The lowest BCUT2D eigenvalue weighted by Gasteiger charge is -2.35. The van der Waals surface area contributed by atoms with Crippen LogP contribution >= 0.6 is 11.6 Å². The lowest BCUT2D eigenvalue weighted by atomic mass is 10.1. The molecule has 0 spiro atoms. The molecule has 1 fully saturated rings. The van der Waals surface area contributed by atoms with Crippen LogP contribution in [0.5, 0.6) is 0 Å². The van der Waals surface area contributed by atoms with Crippen molar-refractivity contribution in [3.8, 4) is 0 Å². The normalized spacial score (nSPS) is 14.5. The van der Waals surface area contributed by atoms with E-state index in [1.54, 1.807) is 16.6 Å². The summed E-state index contributed by atoms with van der Waals surface area (Å²) in [6.45, 7) is 1.90. The van der Waals surface area contributed by atoms with Gasteiger partial charge >= 0.3 is 0 Å². The Hall–Kier alpha value is -3.34. The molecule has 0 N–H and O–H groups in total. The number of benzene rings is 1. The second-order valence-corrected chi connectivity index (χ2v) is 6.69. The van der Waals surface area contributed by atoms with Crippen LogP contribution in [0.25, 0.3) is 11.2 Å². The molecule has 1 amide bonds. The summed E-state index contributed by atoms with van der Waals surface area (Å²) in [6, 6.07) is 3.86. The van der Waals surface area contributed by atoms with Crippen molar-refractivity contribution in [2.24, 2.45) is 7.05 Å². The minimum atomic E-state index is -0.549. The number of halogens is 1. The molecule has 0 unspecified atom stereocenters. The highest BCUT2D eigenvalue weighted by molar-refractivity contribution is 6.33. The van der Waals surface area contributed by atoms with Crippen molar-refractivity contribution < 1.29 is 9.72 Å². The van der Waals surface area contributed by atoms with Gasteiger partial charge in [-0.3, -0.25) is 14.9 Å². The molecule has 0 bridgehead atoms. The van der Waals surface area contributed by atoms with Gasteiger partial charge in [-0.25, -0.2) is 14.6 Å². The van der Waals surface area contributed by atoms with Crippen LogP contribution in [0.4, 0.5) is 11.5 Å². The number of nitrogens with zero attached hydrogens (tertiary/aromatic N) is 8. The number of rotatable bonds is 3. The highest BCUT2D eigenvalue weighted by Crippen LogP contribution is 2.25. The van der Waals surface area contributed by atoms with Gasteiger partial charge < -0.3 is 9.80 Å². The zero-order chi connectivity index (χ0) is 19.8. The van der Waals surface area contributed by atoms with E-state index in [0.717, 1.165) is 0 Å². The first-order valence-electron chi connectivity index (χ1n) is 8.44. The third-order valence-corrected chi connectivity index (χ3v) is 4.96. The maximum atomic E-state index is 12.8. The van der Waals surface area contributed by atoms with Crippen LogP contribution in [-0.4, -0.2) is 66.9 Å². The van der Waals surface area contributed by atoms with Crippen LogP contribution in [0, 0.1) is 10.1 Å². The van der Waals surface area contributed by atoms with Gasteiger partial charge in [-0.15, -0.1) is 5.10 Å². The van der Waals surface area contributed by atoms with E-state index in [1.165, 1.54) is 24.5 Å². The molecule has 1 saturated heterocycles. The fourth-order valence-electron chi connectivity index (χ4n) is 3.15. The van der Waals surface area contributed by atoms with E-state index < -0.39 is 4.92 Å². The number of aryl methyl sites for hydroxylation is 1. The van der Waals surface area contributed by atoms with Crippen LogP contribution in [0.1, 0.15) is 10.4 Å². The highest BCUT2D eigenvalue weighted by Gasteiger charge is 2.27. The van der Waals surface area contributed by atoms with E-state index in [2.05, 4.69) is 20.3 Å². The van der Waals surface area contributed by atoms with Gasteiger partial charge in [-0.05, 0) is 6.07 Å². The standard InChI is InChI=1S/C16H15ClN8O3/c1-22-14-13(20-21-22)15(19-9-18-14)23-4-6-24(7-5-23)16(26)11-8-10(25(27)28)2-3-12(11)17/h2-3,8-9H,4-7H2,1H3. The molecule has 0 saturated carbocycles. The third-order valence-electron chi connectivity index (χ3n) is 4.63. The summed E-state index contributed by atoms with van der Waals surface area (Å²) in [5.74, 6) is 0.333. The minimum absolute atomic E-state index is 0.127. The number of fused-ring (bicyclic) bond motifs is 1. The van der Waals surface area contributed by atoms with E-state index in [0.29, 0.717) is 43.2 Å². The molecule has 4 rings (SSSR count). The third kappa shape index (κ3) is 3.09. The fraction of sp³-hybridized carbons (Fsp3) is 0.312. The summed E-state index contributed by atoms with van der Waals surface area (Å²) in [4.78, 5) is 35.4. The Kier molecular flexibility index (Phi) is 4.51. The minimum Gasteiger partial charge on any atom is -0.351 e. The smallest absolute Gasteiger partial charge is 0.270 e. The van der Waals surface area contributed by atoms with Crippen molar-refractivity contribution in [3.63, 3.8) is 0 Å². The van der Waals surface area contributed by atoms with E-state index in [9.17, 15) is 14.9 Å². The first-order valence-corrected chi connectivity index (χ1v) is 8.82. The largest absolute Gasteiger partial charge is 0.351 e. The van der Waals surface area contributed by atoms with Crippen LogP contribution in [0.3, 0.4) is 0 Å². The molecule has 1 aliphatic rings. The molecule has 0 atom stereocenters. The molecule has 3 aromatic rings. The topological polar surface area (TPSA) is 123 Å². The van der Waals surface area contributed by atoms with Crippen LogP contribution in [0.2, 0.25) is 5.02 Å². The Morgan fingerprint density at radius 1 is 1.21 bits per heavy atom. The highest BCUT2D eigenvalue weighted by atomic mass is 35.5. The molecule has 0 radical (unpaired) electrons. The average molecular weight is 403 g/mol. The quantitative estimate of drug-likeness (QED) is 0.474. The van der Waals surface area contributed by atoms with Crippen molar-refractivity contribution in [1.29, 1.82) is 0 Å². The molecular formula is C16H15ClN8O3. The van der Waals surface area contributed by atoms with Gasteiger partial charge in [0.15, 0.2) is 17.0 Å². The second-order valence-electron chi connectivity index (χ2n) is 6.28. The maximum Gasteiger partial charge on any atom is 0.270 e. The molecule has 3 heterocycles. The SMILES string of the molecule is Cn1nnc2c(N3CCN(C(=O)c4cc([N+](=O)[O-])ccc4Cl)CC3)ncnc21. The van der Waals surface area contributed by atoms with Gasteiger partial charge in [0.25, 0.3) is 11.6 Å². The van der Waals surface area contributed by atoms with Crippen molar-refractivity contribution in [3.05, 3.63) is 45.2 Å².